The van der Waals surface area contributed by atoms with Crippen LogP contribution in [0.4, 0.5) is 5.69 Å². The number of aryl methyl sites for hydroxylation is 1. The van der Waals surface area contributed by atoms with Gasteiger partial charge in [-0.1, -0.05) is 29.8 Å². The maximum absolute atomic E-state index is 11.9. The zero-order valence-electron chi connectivity index (χ0n) is 15.0. The predicted octanol–water partition coefficient (Wildman–Crippen LogP) is 2.84. The summed E-state index contributed by atoms with van der Waals surface area (Å²) in [5.41, 5.74) is 2.47. The van der Waals surface area contributed by atoms with E-state index < -0.39 is 10.0 Å². The highest BCUT2D eigenvalue weighted by Crippen LogP contribution is 2.13. The van der Waals surface area contributed by atoms with E-state index in [0.717, 1.165) is 17.6 Å². The Bertz CT molecular complexity index is 833. The molecule has 0 bridgehead atoms. The first-order valence-corrected chi connectivity index (χ1v) is 10.2. The number of sulfonamides is 1. The van der Waals surface area contributed by atoms with Gasteiger partial charge in [-0.15, -0.1) is 0 Å². The van der Waals surface area contributed by atoms with Crippen LogP contribution in [0, 0.1) is 6.92 Å². The van der Waals surface area contributed by atoms with Crippen molar-refractivity contribution >= 4 is 21.6 Å². The van der Waals surface area contributed by atoms with Gasteiger partial charge in [0.05, 0.1) is 12.9 Å². The van der Waals surface area contributed by atoms with Crippen molar-refractivity contribution in [2.24, 2.45) is 0 Å². The molecule has 6 nitrogen and oxygen atoms in total. The highest BCUT2D eigenvalue weighted by molar-refractivity contribution is 7.92. The van der Waals surface area contributed by atoms with Crippen molar-refractivity contribution < 1.29 is 17.9 Å². The fourth-order valence-corrected chi connectivity index (χ4v) is 2.86. The highest BCUT2D eigenvalue weighted by atomic mass is 32.2. The van der Waals surface area contributed by atoms with Crippen molar-refractivity contribution in [1.29, 1.82) is 0 Å². The third kappa shape index (κ3) is 7.57. The first-order valence-electron chi connectivity index (χ1n) is 8.35. The van der Waals surface area contributed by atoms with Crippen molar-refractivity contribution in [2.45, 2.75) is 26.3 Å². The van der Waals surface area contributed by atoms with E-state index in [2.05, 4.69) is 10.0 Å². The molecule has 0 fully saturated rings. The van der Waals surface area contributed by atoms with Crippen LogP contribution in [0.1, 0.15) is 24.0 Å². The van der Waals surface area contributed by atoms with Crippen LogP contribution in [-0.4, -0.2) is 27.2 Å². The van der Waals surface area contributed by atoms with Gasteiger partial charge >= 0.3 is 0 Å². The molecule has 2 aromatic rings. The number of benzene rings is 2. The number of hydrogen-bond donors (Lipinski definition) is 2. The van der Waals surface area contributed by atoms with Gasteiger partial charge in [-0.25, -0.2) is 8.42 Å². The van der Waals surface area contributed by atoms with Crippen LogP contribution in [0.15, 0.2) is 48.5 Å². The summed E-state index contributed by atoms with van der Waals surface area (Å²) in [6, 6.07) is 14.7. The van der Waals surface area contributed by atoms with E-state index in [4.69, 9.17) is 4.74 Å². The number of carbonyl (C=O) groups is 1. The average Bonchev–Trinajstić information content (AvgIpc) is 2.57. The third-order valence-corrected chi connectivity index (χ3v) is 4.16. The molecule has 0 atom stereocenters. The van der Waals surface area contributed by atoms with Gasteiger partial charge < -0.3 is 10.1 Å². The monoisotopic (exact) mass is 376 g/mol. The number of ether oxygens (including phenoxy) is 1. The Morgan fingerprint density at radius 2 is 1.85 bits per heavy atom. The number of hydrogen-bond acceptors (Lipinski definition) is 4. The molecule has 0 heterocycles. The molecule has 2 aromatic carbocycles. The van der Waals surface area contributed by atoms with Crippen LogP contribution in [0.25, 0.3) is 0 Å². The second-order valence-electron chi connectivity index (χ2n) is 6.12. The van der Waals surface area contributed by atoms with Crippen molar-refractivity contribution in [1.82, 2.24) is 5.32 Å². The van der Waals surface area contributed by atoms with E-state index >= 15 is 0 Å². The zero-order valence-corrected chi connectivity index (χ0v) is 15.8. The van der Waals surface area contributed by atoms with E-state index in [1.54, 1.807) is 18.2 Å². The van der Waals surface area contributed by atoms with Crippen LogP contribution in [-0.2, 0) is 21.4 Å². The fourth-order valence-electron chi connectivity index (χ4n) is 2.31. The molecule has 0 saturated heterocycles. The second-order valence-corrected chi connectivity index (χ2v) is 7.86. The van der Waals surface area contributed by atoms with Crippen LogP contribution in [0.5, 0.6) is 5.75 Å². The summed E-state index contributed by atoms with van der Waals surface area (Å²) < 4.78 is 30.5. The highest BCUT2D eigenvalue weighted by Gasteiger charge is 2.05. The zero-order chi connectivity index (χ0) is 19.0. The van der Waals surface area contributed by atoms with Crippen LogP contribution in [0.3, 0.4) is 0 Å². The Hall–Kier alpha value is -2.54. The lowest BCUT2D eigenvalue weighted by Crippen LogP contribution is -2.23. The molecular formula is C19H24N2O4S. The topological polar surface area (TPSA) is 84.5 Å². The predicted molar refractivity (Wildman–Crippen MR) is 103 cm³/mol. The maximum atomic E-state index is 11.9. The van der Waals surface area contributed by atoms with Gasteiger partial charge in [0.15, 0.2) is 0 Å². The summed E-state index contributed by atoms with van der Waals surface area (Å²) in [6.45, 7) is 2.84. The molecule has 0 saturated carbocycles. The van der Waals surface area contributed by atoms with E-state index in [1.807, 2.05) is 37.3 Å². The fraction of sp³-hybridized carbons (Fsp3) is 0.316. The van der Waals surface area contributed by atoms with Gasteiger partial charge in [0.2, 0.25) is 15.9 Å². The lowest BCUT2D eigenvalue weighted by molar-refractivity contribution is -0.121. The molecular weight excluding hydrogens is 352 g/mol. The minimum absolute atomic E-state index is 0.0704. The lowest BCUT2D eigenvalue weighted by Gasteiger charge is -2.09. The first-order chi connectivity index (χ1) is 12.3. The molecule has 7 heteroatoms. The molecule has 0 aliphatic carbocycles. The quantitative estimate of drug-likeness (QED) is 0.659. The Morgan fingerprint density at radius 3 is 2.54 bits per heavy atom. The SMILES string of the molecule is Cc1ccc(OCCCC(=O)NCc2cccc(NS(C)(=O)=O)c2)cc1. The second kappa shape index (κ2) is 9.24. The Balaban J connectivity index is 1.70. The molecule has 26 heavy (non-hydrogen) atoms. The average molecular weight is 376 g/mol. The molecule has 0 unspecified atom stereocenters. The number of amides is 1. The smallest absolute Gasteiger partial charge is 0.229 e. The summed E-state index contributed by atoms with van der Waals surface area (Å²) >= 11 is 0. The van der Waals surface area contributed by atoms with Crippen molar-refractivity contribution in [3.05, 3.63) is 59.7 Å². The van der Waals surface area contributed by atoms with Crippen LogP contribution >= 0.6 is 0 Å². The van der Waals surface area contributed by atoms with E-state index in [1.165, 1.54) is 5.56 Å². The molecule has 0 spiro atoms. The molecule has 0 aliphatic rings. The van der Waals surface area contributed by atoms with Crippen LogP contribution in [0.2, 0.25) is 0 Å². The van der Waals surface area contributed by atoms with Crippen molar-refractivity contribution in [3.8, 4) is 5.75 Å². The summed E-state index contributed by atoms with van der Waals surface area (Å²) in [5.74, 6) is 0.727. The molecule has 1 amide bonds. The van der Waals surface area contributed by atoms with E-state index in [9.17, 15) is 13.2 Å². The summed E-state index contributed by atoms with van der Waals surface area (Å²) in [6.07, 6.45) is 2.09. The lowest BCUT2D eigenvalue weighted by atomic mass is 10.2. The van der Waals surface area contributed by atoms with Gasteiger partial charge in [-0.3, -0.25) is 9.52 Å². The summed E-state index contributed by atoms with van der Waals surface area (Å²) in [7, 11) is -3.32. The van der Waals surface area contributed by atoms with Gasteiger partial charge in [-0.2, -0.15) is 0 Å². The standard InChI is InChI=1S/C19H24N2O4S/c1-15-8-10-18(11-9-15)25-12-4-7-19(22)20-14-16-5-3-6-17(13-16)21-26(2,23)24/h3,5-6,8-11,13,21H,4,7,12,14H2,1-2H3,(H,20,22). The van der Waals surface area contributed by atoms with Crippen molar-refractivity contribution in [2.75, 3.05) is 17.6 Å². The number of carbonyl (C=O) groups excluding carboxylic acids is 1. The molecule has 140 valence electrons. The van der Waals surface area contributed by atoms with E-state index in [-0.39, 0.29) is 5.91 Å². The largest absolute Gasteiger partial charge is 0.494 e. The Morgan fingerprint density at radius 1 is 1.12 bits per heavy atom. The minimum Gasteiger partial charge on any atom is -0.494 e. The number of nitrogens with one attached hydrogen (secondary N) is 2. The molecule has 0 radical (unpaired) electrons. The molecule has 0 aromatic heterocycles. The molecule has 0 aliphatic heterocycles. The number of rotatable bonds is 9. The third-order valence-electron chi connectivity index (χ3n) is 3.56. The van der Waals surface area contributed by atoms with E-state index in [0.29, 0.717) is 31.7 Å². The summed E-state index contributed by atoms with van der Waals surface area (Å²) in [5, 5.41) is 2.82. The Kier molecular flexibility index (Phi) is 7.03. The minimum atomic E-state index is -3.32. The van der Waals surface area contributed by atoms with Crippen molar-refractivity contribution in [3.63, 3.8) is 0 Å². The molecule has 2 rings (SSSR count). The van der Waals surface area contributed by atoms with Crippen LogP contribution < -0.4 is 14.8 Å². The summed E-state index contributed by atoms with van der Waals surface area (Å²) in [4.78, 5) is 11.9. The molecule has 2 N–H and O–H groups in total. The first kappa shape index (κ1) is 19.8. The van der Waals surface area contributed by atoms with Gasteiger partial charge in [-0.05, 0) is 43.2 Å². The number of anilines is 1. The Labute approximate surface area is 154 Å². The van der Waals surface area contributed by atoms with Gasteiger partial charge in [0.25, 0.3) is 0 Å². The maximum Gasteiger partial charge on any atom is 0.229 e. The van der Waals surface area contributed by atoms with Gasteiger partial charge in [0.1, 0.15) is 5.75 Å². The van der Waals surface area contributed by atoms with Gasteiger partial charge in [0, 0.05) is 18.7 Å². The normalized spacial score (nSPS) is 11.0.